The number of nitrogens with one attached hydrogen (secondary N) is 2. The molecule has 3 nitrogen and oxygen atoms in total. The van der Waals surface area contributed by atoms with Crippen LogP contribution < -0.4 is 10.6 Å². The van der Waals surface area contributed by atoms with Crippen LogP contribution in [0.2, 0.25) is 0 Å². The van der Waals surface area contributed by atoms with Gasteiger partial charge in [0.15, 0.2) is 0 Å². The summed E-state index contributed by atoms with van der Waals surface area (Å²) in [7, 11) is 1.88. The summed E-state index contributed by atoms with van der Waals surface area (Å²) < 4.78 is 0. The molecule has 0 bridgehead atoms. The van der Waals surface area contributed by atoms with Gasteiger partial charge in [0.25, 0.3) is 0 Å². The van der Waals surface area contributed by atoms with Gasteiger partial charge in [0.2, 0.25) is 5.91 Å². The summed E-state index contributed by atoms with van der Waals surface area (Å²) in [6, 6.07) is 6.12. The second kappa shape index (κ2) is 3.09. The Labute approximate surface area is 77.1 Å². The first-order valence-electron chi connectivity index (χ1n) is 4.36. The molecule has 0 unspecified atom stereocenters. The van der Waals surface area contributed by atoms with Crippen LogP contribution >= 0.6 is 0 Å². The Morgan fingerprint density at radius 1 is 1.38 bits per heavy atom. The van der Waals surface area contributed by atoms with E-state index in [2.05, 4.69) is 16.7 Å². The first kappa shape index (κ1) is 8.10. The zero-order valence-electron chi connectivity index (χ0n) is 7.55. The number of rotatable bonds is 1. The van der Waals surface area contributed by atoms with Gasteiger partial charge in [0.05, 0.1) is 6.42 Å². The van der Waals surface area contributed by atoms with Gasteiger partial charge in [-0.05, 0) is 23.3 Å². The van der Waals surface area contributed by atoms with Crippen molar-refractivity contribution < 1.29 is 4.79 Å². The molecule has 3 heteroatoms. The SMILES string of the molecule is CNc1ccc2c(c1)CC(=O)NC2. The van der Waals surface area contributed by atoms with E-state index in [4.69, 9.17) is 0 Å². The van der Waals surface area contributed by atoms with Crippen LogP contribution in [0.3, 0.4) is 0 Å². The van der Waals surface area contributed by atoms with E-state index in [0.29, 0.717) is 13.0 Å². The lowest BCUT2D eigenvalue weighted by Gasteiger charge is -2.17. The van der Waals surface area contributed by atoms with Crippen molar-refractivity contribution in [3.8, 4) is 0 Å². The van der Waals surface area contributed by atoms with Crippen LogP contribution in [-0.2, 0) is 17.8 Å². The van der Waals surface area contributed by atoms with Crippen LogP contribution in [0.4, 0.5) is 5.69 Å². The van der Waals surface area contributed by atoms with E-state index in [1.54, 1.807) is 0 Å². The van der Waals surface area contributed by atoms with Gasteiger partial charge in [-0.1, -0.05) is 6.07 Å². The van der Waals surface area contributed by atoms with E-state index in [1.807, 2.05) is 19.2 Å². The van der Waals surface area contributed by atoms with Gasteiger partial charge in [-0.25, -0.2) is 0 Å². The third kappa shape index (κ3) is 1.49. The van der Waals surface area contributed by atoms with E-state index < -0.39 is 0 Å². The van der Waals surface area contributed by atoms with Crippen LogP contribution in [0.5, 0.6) is 0 Å². The van der Waals surface area contributed by atoms with Crippen molar-refractivity contribution in [3.05, 3.63) is 29.3 Å². The first-order chi connectivity index (χ1) is 6.29. The molecule has 1 aliphatic heterocycles. The van der Waals surface area contributed by atoms with Gasteiger partial charge in [-0.15, -0.1) is 0 Å². The van der Waals surface area contributed by atoms with Crippen molar-refractivity contribution >= 4 is 11.6 Å². The Hall–Kier alpha value is -1.51. The van der Waals surface area contributed by atoms with Crippen LogP contribution in [0.15, 0.2) is 18.2 Å². The zero-order valence-corrected chi connectivity index (χ0v) is 7.55. The highest BCUT2D eigenvalue weighted by Gasteiger charge is 2.14. The molecular weight excluding hydrogens is 164 g/mol. The Bertz CT molecular complexity index is 347. The molecule has 1 aromatic carbocycles. The monoisotopic (exact) mass is 176 g/mol. The molecule has 2 rings (SSSR count). The molecule has 1 heterocycles. The summed E-state index contributed by atoms with van der Waals surface area (Å²) in [5, 5.41) is 5.88. The van der Waals surface area contributed by atoms with Crippen LogP contribution in [0, 0.1) is 0 Å². The fourth-order valence-electron chi connectivity index (χ4n) is 1.55. The molecule has 2 N–H and O–H groups in total. The largest absolute Gasteiger partial charge is 0.388 e. The van der Waals surface area contributed by atoms with Crippen molar-refractivity contribution in [2.24, 2.45) is 0 Å². The number of fused-ring (bicyclic) bond motifs is 1. The Balaban J connectivity index is 2.38. The first-order valence-corrected chi connectivity index (χ1v) is 4.36. The molecule has 0 aliphatic carbocycles. The molecule has 0 saturated heterocycles. The Morgan fingerprint density at radius 3 is 3.00 bits per heavy atom. The van der Waals surface area contributed by atoms with Gasteiger partial charge in [-0.2, -0.15) is 0 Å². The van der Waals surface area contributed by atoms with Crippen LogP contribution in [0.25, 0.3) is 0 Å². The highest BCUT2D eigenvalue weighted by molar-refractivity contribution is 5.81. The zero-order chi connectivity index (χ0) is 9.26. The number of carbonyl (C=O) groups is 1. The summed E-state index contributed by atoms with van der Waals surface area (Å²) in [4.78, 5) is 11.1. The van der Waals surface area contributed by atoms with Crippen molar-refractivity contribution in [1.82, 2.24) is 5.32 Å². The summed E-state index contributed by atoms with van der Waals surface area (Å²) in [5.74, 6) is 0.112. The van der Waals surface area contributed by atoms with Gasteiger partial charge in [0, 0.05) is 19.3 Å². The Kier molecular flexibility index (Phi) is 1.93. The average Bonchev–Trinajstić information content (AvgIpc) is 2.16. The summed E-state index contributed by atoms with van der Waals surface area (Å²) in [5.41, 5.74) is 3.42. The van der Waals surface area contributed by atoms with Crippen LogP contribution in [-0.4, -0.2) is 13.0 Å². The highest BCUT2D eigenvalue weighted by Crippen LogP contribution is 2.18. The number of anilines is 1. The predicted molar refractivity (Wildman–Crippen MR) is 51.5 cm³/mol. The highest BCUT2D eigenvalue weighted by atomic mass is 16.1. The summed E-state index contributed by atoms with van der Waals surface area (Å²) in [6.07, 6.45) is 0.505. The fraction of sp³-hybridized carbons (Fsp3) is 0.300. The van der Waals surface area contributed by atoms with E-state index in [9.17, 15) is 4.79 Å². The molecule has 0 spiro atoms. The fourth-order valence-corrected chi connectivity index (χ4v) is 1.55. The Morgan fingerprint density at radius 2 is 2.23 bits per heavy atom. The molecule has 0 saturated carbocycles. The molecule has 13 heavy (non-hydrogen) atoms. The summed E-state index contributed by atoms with van der Waals surface area (Å²) >= 11 is 0. The average molecular weight is 176 g/mol. The lowest BCUT2D eigenvalue weighted by atomic mass is 10.00. The van der Waals surface area contributed by atoms with E-state index in [0.717, 1.165) is 11.3 Å². The molecule has 1 amide bonds. The molecule has 1 aromatic rings. The number of hydrogen-bond donors (Lipinski definition) is 2. The normalized spacial score (nSPS) is 14.7. The van der Waals surface area contributed by atoms with Crippen molar-refractivity contribution in [2.45, 2.75) is 13.0 Å². The maximum Gasteiger partial charge on any atom is 0.224 e. The molecule has 0 atom stereocenters. The maximum absolute atomic E-state index is 11.1. The van der Waals surface area contributed by atoms with E-state index >= 15 is 0 Å². The third-order valence-corrected chi connectivity index (χ3v) is 2.32. The van der Waals surface area contributed by atoms with Gasteiger partial charge in [-0.3, -0.25) is 4.79 Å². The number of carbonyl (C=O) groups excluding carboxylic acids is 1. The lowest BCUT2D eigenvalue weighted by Crippen LogP contribution is -2.30. The molecule has 68 valence electrons. The topological polar surface area (TPSA) is 41.1 Å². The molecular formula is C10H12N2O. The van der Waals surface area contributed by atoms with Crippen molar-refractivity contribution in [2.75, 3.05) is 12.4 Å². The number of hydrogen-bond acceptors (Lipinski definition) is 2. The second-order valence-corrected chi connectivity index (χ2v) is 3.19. The standard InChI is InChI=1S/C10H12N2O/c1-11-9-3-2-7-6-12-10(13)5-8(7)4-9/h2-4,11H,5-6H2,1H3,(H,12,13). The maximum atomic E-state index is 11.1. The van der Waals surface area contributed by atoms with Crippen LogP contribution in [0.1, 0.15) is 11.1 Å². The second-order valence-electron chi connectivity index (χ2n) is 3.19. The molecule has 0 aromatic heterocycles. The van der Waals surface area contributed by atoms with Crippen molar-refractivity contribution in [3.63, 3.8) is 0 Å². The van der Waals surface area contributed by atoms with Gasteiger partial charge >= 0.3 is 0 Å². The quantitative estimate of drug-likeness (QED) is 0.667. The molecule has 0 radical (unpaired) electrons. The summed E-state index contributed by atoms with van der Waals surface area (Å²) in [6.45, 7) is 0.665. The lowest BCUT2D eigenvalue weighted by molar-refractivity contribution is -0.121. The minimum absolute atomic E-state index is 0.112. The van der Waals surface area contributed by atoms with Gasteiger partial charge < -0.3 is 10.6 Å². The molecule has 1 aliphatic rings. The third-order valence-electron chi connectivity index (χ3n) is 2.32. The van der Waals surface area contributed by atoms with E-state index in [-0.39, 0.29) is 5.91 Å². The minimum Gasteiger partial charge on any atom is -0.388 e. The minimum atomic E-state index is 0.112. The van der Waals surface area contributed by atoms with Gasteiger partial charge in [0.1, 0.15) is 0 Å². The smallest absolute Gasteiger partial charge is 0.224 e. The predicted octanol–water partition coefficient (Wildman–Crippen LogP) is 0.901. The van der Waals surface area contributed by atoms with E-state index in [1.165, 1.54) is 5.56 Å². The molecule has 0 fully saturated rings. The number of benzene rings is 1. The van der Waals surface area contributed by atoms with Crippen molar-refractivity contribution in [1.29, 1.82) is 0 Å². The number of amides is 1.